The quantitative estimate of drug-likeness (QED) is 0.624. The topological polar surface area (TPSA) is 58.2 Å². The molecule has 0 aliphatic heterocycles. The minimum absolute atomic E-state index is 0.214. The summed E-state index contributed by atoms with van der Waals surface area (Å²) in [5.74, 6) is -0.453. The maximum Gasteiger partial charge on any atom is 0.262 e. The van der Waals surface area contributed by atoms with Gasteiger partial charge in [0.2, 0.25) is 5.91 Å². The van der Waals surface area contributed by atoms with Crippen LogP contribution < -0.4 is 10.6 Å². The molecule has 2 N–H and O–H groups in total. The number of carbonyl (C=O) groups excluding carboxylic acids is 2. The Bertz CT molecular complexity index is 787. The van der Waals surface area contributed by atoms with Gasteiger partial charge in [-0.3, -0.25) is 9.59 Å². The number of hydrogen-bond donors (Lipinski definition) is 2. The summed E-state index contributed by atoms with van der Waals surface area (Å²) in [6, 6.07) is 10.8. The molecule has 4 nitrogen and oxygen atoms in total. The predicted octanol–water partition coefficient (Wildman–Crippen LogP) is 5.30. The van der Waals surface area contributed by atoms with Gasteiger partial charge >= 0.3 is 0 Å². The minimum atomic E-state index is -0.618. The molecule has 1 aliphatic rings. The van der Waals surface area contributed by atoms with E-state index in [1.165, 1.54) is 37.0 Å². The predicted molar refractivity (Wildman–Crippen MR) is 112 cm³/mol. The van der Waals surface area contributed by atoms with Gasteiger partial charge in [0.1, 0.15) is 6.04 Å². The second-order valence-corrected chi connectivity index (χ2v) is 10.1. The summed E-state index contributed by atoms with van der Waals surface area (Å²) < 4.78 is 0.887. The average Bonchev–Trinajstić information content (AvgIpc) is 3.28. The van der Waals surface area contributed by atoms with Crippen molar-refractivity contribution in [3.05, 3.63) is 45.1 Å². The van der Waals surface area contributed by atoms with Crippen molar-refractivity contribution in [2.45, 2.75) is 48.8 Å². The van der Waals surface area contributed by atoms with Gasteiger partial charge in [0.15, 0.2) is 0 Å². The van der Waals surface area contributed by atoms with Crippen molar-refractivity contribution in [2.24, 2.45) is 0 Å². The van der Waals surface area contributed by atoms with E-state index in [0.717, 1.165) is 14.4 Å². The molecule has 1 saturated carbocycles. The SMILES string of the molecule is CC(NC(=O)c1ccc(Br)s1)C(=O)Nc1ccccc1SC1CCCC1. The molecule has 2 amide bonds. The number of anilines is 1. The van der Waals surface area contributed by atoms with Crippen LogP contribution in [0.5, 0.6) is 0 Å². The van der Waals surface area contributed by atoms with Crippen molar-refractivity contribution < 1.29 is 9.59 Å². The number of rotatable bonds is 6. The highest BCUT2D eigenvalue weighted by Gasteiger charge is 2.21. The second kappa shape index (κ2) is 9.06. The van der Waals surface area contributed by atoms with Crippen LogP contribution in [0.15, 0.2) is 45.1 Å². The van der Waals surface area contributed by atoms with Crippen molar-refractivity contribution >= 4 is 56.5 Å². The van der Waals surface area contributed by atoms with E-state index >= 15 is 0 Å². The Labute approximate surface area is 170 Å². The maximum absolute atomic E-state index is 12.5. The van der Waals surface area contributed by atoms with Crippen LogP contribution in [-0.2, 0) is 4.79 Å². The summed E-state index contributed by atoms with van der Waals surface area (Å²) in [4.78, 5) is 26.4. The fourth-order valence-electron chi connectivity index (χ4n) is 2.87. The zero-order chi connectivity index (χ0) is 18.5. The molecule has 7 heteroatoms. The van der Waals surface area contributed by atoms with Crippen molar-refractivity contribution in [1.29, 1.82) is 0 Å². The number of thiophene rings is 1. The van der Waals surface area contributed by atoms with E-state index < -0.39 is 6.04 Å². The zero-order valence-corrected chi connectivity index (χ0v) is 17.7. The van der Waals surface area contributed by atoms with E-state index in [2.05, 4.69) is 26.6 Å². The van der Waals surface area contributed by atoms with Crippen molar-refractivity contribution in [3.63, 3.8) is 0 Å². The number of carbonyl (C=O) groups is 2. The first-order valence-electron chi connectivity index (χ1n) is 8.65. The van der Waals surface area contributed by atoms with Crippen LogP contribution in [0.4, 0.5) is 5.69 Å². The lowest BCUT2D eigenvalue weighted by molar-refractivity contribution is -0.117. The summed E-state index contributed by atoms with van der Waals surface area (Å²) in [5.41, 5.74) is 0.814. The fraction of sp³-hybridized carbons (Fsp3) is 0.368. The standard InChI is InChI=1S/C19H21BrN2O2S2/c1-12(21-19(24)16-10-11-17(20)26-16)18(23)22-14-8-4-5-9-15(14)25-13-6-2-3-7-13/h4-5,8-13H,2-3,6-7H2,1H3,(H,21,24)(H,22,23). The van der Waals surface area contributed by atoms with Gasteiger partial charge in [0.05, 0.1) is 14.4 Å². The molecule has 26 heavy (non-hydrogen) atoms. The smallest absolute Gasteiger partial charge is 0.262 e. The van der Waals surface area contributed by atoms with Gasteiger partial charge in [0, 0.05) is 10.1 Å². The third-order valence-corrected chi connectivity index (χ3v) is 7.32. The summed E-state index contributed by atoms with van der Waals surface area (Å²) in [7, 11) is 0. The first-order valence-corrected chi connectivity index (χ1v) is 11.1. The van der Waals surface area contributed by atoms with E-state index in [-0.39, 0.29) is 11.8 Å². The lowest BCUT2D eigenvalue weighted by Crippen LogP contribution is -2.41. The van der Waals surface area contributed by atoms with E-state index in [9.17, 15) is 9.59 Å². The summed E-state index contributed by atoms with van der Waals surface area (Å²) in [5, 5.41) is 6.35. The first-order chi connectivity index (χ1) is 12.5. The monoisotopic (exact) mass is 452 g/mol. The highest BCUT2D eigenvalue weighted by atomic mass is 79.9. The van der Waals surface area contributed by atoms with Gasteiger partial charge in [0.25, 0.3) is 5.91 Å². The van der Waals surface area contributed by atoms with Gasteiger partial charge in [-0.25, -0.2) is 0 Å². The second-order valence-electron chi connectivity index (χ2n) is 6.31. The molecule has 0 saturated heterocycles. The van der Waals surface area contributed by atoms with Crippen molar-refractivity contribution in [1.82, 2.24) is 5.32 Å². The number of halogens is 1. The molecule has 1 unspecified atom stereocenters. The molecular formula is C19H21BrN2O2S2. The van der Waals surface area contributed by atoms with Gasteiger partial charge in [-0.2, -0.15) is 0 Å². The molecule has 1 aromatic heterocycles. The Balaban J connectivity index is 1.61. The van der Waals surface area contributed by atoms with Gasteiger partial charge in [-0.05, 0) is 60.0 Å². The molecular weight excluding hydrogens is 432 g/mol. The summed E-state index contributed by atoms with van der Waals surface area (Å²) in [6.45, 7) is 1.70. The Hall–Kier alpha value is -1.31. The Kier molecular flexibility index (Phi) is 6.78. The van der Waals surface area contributed by atoms with Gasteiger partial charge < -0.3 is 10.6 Å². The zero-order valence-electron chi connectivity index (χ0n) is 14.5. The van der Waals surface area contributed by atoms with E-state index in [1.54, 1.807) is 13.0 Å². The molecule has 0 spiro atoms. The highest BCUT2D eigenvalue weighted by Crippen LogP contribution is 2.38. The first kappa shape index (κ1) is 19.5. The molecule has 2 aromatic rings. The molecule has 0 radical (unpaired) electrons. The third-order valence-electron chi connectivity index (χ3n) is 4.28. The fourth-order valence-corrected chi connectivity index (χ4v) is 5.49. The summed E-state index contributed by atoms with van der Waals surface area (Å²) >= 11 is 6.52. The van der Waals surface area contributed by atoms with Crippen LogP contribution in [0.3, 0.4) is 0 Å². The number of thioether (sulfide) groups is 1. The molecule has 3 rings (SSSR count). The van der Waals surface area contributed by atoms with E-state index in [1.807, 2.05) is 42.1 Å². The van der Waals surface area contributed by atoms with Crippen molar-refractivity contribution in [2.75, 3.05) is 5.32 Å². The summed E-state index contributed by atoms with van der Waals surface area (Å²) in [6.07, 6.45) is 5.04. The van der Waals surface area contributed by atoms with Crippen LogP contribution in [-0.4, -0.2) is 23.1 Å². The lowest BCUT2D eigenvalue weighted by atomic mass is 10.2. The number of para-hydroxylation sites is 1. The third kappa shape index (κ3) is 5.11. The lowest BCUT2D eigenvalue weighted by Gasteiger charge is -2.17. The number of hydrogen-bond acceptors (Lipinski definition) is 4. The van der Waals surface area contributed by atoms with Crippen LogP contribution in [0.25, 0.3) is 0 Å². The van der Waals surface area contributed by atoms with Crippen molar-refractivity contribution in [3.8, 4) is 0 Å². The Morgan fingerprint density at radius 3 is 2.62 bits per heavy atom. The largest absolute Gasteiger partial charge is 0.340 e. The number of benzene rings is 1. The Morgan fingerprint density at radius 2 is 1.92 bits per heavy atom. The van der Waals surface area contributed by atoms with Gasteiger partial charge in [-0.15, -0.1) is 23.1 Å². The molecule has 1 aliphatic carbocycles. The molecule has 1 fully saturated rings. The van der Waals surface area contributed by atoms with E-state index in [4.69, 9.17) is 0 Å². The van der Waals surface area contributed by atoms with Crippen LogP contribution in [0.1, 0.15) is 42.3 Å². The average molecular weight is 453 g/mol. The number of nitrogens with one attached hydrogen (secondary N) is 2. The maximum atomic E-state index is 12.5. The molecule has 1 aromatic carbocycles. The van der Waals surface area contributed by atoms with Crippen LogP contribution in [0, 0.1) is 0 Å². The molecule has 138 valence electrons. The normalized spacial score (nSPS) is 15.6. The number of amides is 2. The van der Waals surface area contributed by atoms with Crippen LogP contribution >= 0.6 is 39.0 Å². The van der Waals surface area contributed by atoms with Gasteiger partial charge in [-0.1, -0.05) is 25.0 Å². The minimum Gasteiger partial charge on any atom is -0.340 e. The Morgan fingerprint density at radius 1 is 1.19 bits per heavy atom. The molecule has 1 heterocycles. The molecule has 1 atom stereocenters. The van der Waals surface area contributed by atoms with E-state index in [0.29, 0.717) is 10.1 Å². The van der Waals surface area contributed by atoms with Crippen LogP contribution in [0.2, 0.25) is 0 Å². The molecule has 0 bridgehead atoms. The highest BCUT2D eigenvalue weighted by molar-refractivity contribution is 9.11.